The molecule has 0 saturated heterocycles. The first kappa shape index (κ1) is 16.7. The average molecular weight is 313 g/mol. The van der Waals surface area contributed by atoms with E-state index in [1.54, 1.807) is 0 Å². The maximum atomic E-state index is 13.7. The van der Waals surface area contributed by atoms with Gasteiger partial charge in [-0.3, -0.25) is 4.99 Å². The molecule has 0 N–H and O–H groups in total. The second-order valence-electron chi connectivity index (χ2n) is 5.79. The molecule has 0 aromatic heterocycles. The van der Waals surface area contributed by atoms with Crippen LogP contribution in [-0.4, -0.2) is 18.9 Å². The predicted octanol–water partition coefficient (Wildman–Crippen LogP) is 4.12. The molecule has 2 aromatic rings. The Hall–Kier alpha value is -1.66. The highest BCUT2D eigenvalue weighted by Crippen LogP contribution is 2.43. The van der Waals surface area contributed by atoms with E-state index in [4.69, 9.17) is 0 Å². The van der Waals surface area contributed by atoms with Crippen LogP contribution in [0.5, 0.6) is 0 Å². The van der Waals surface area contributed by atoms with Crippen molar-refractivity contribution >= 4 is 24.0 Å². The highest BCUT2D eigenvalue weighted by atomic mass is 31.2. The van der Waals surface area contributed by atoms with Gasteiger partial charge in [-0.15, -0.1) is 0 Å². The molecule has 0 aliphatic heterocycles. The third kappa shape index (κ3) is 4.42. The Morgan fingerprint density at radius 2 is 1.45 bits per heavy atom. The number of nitrogens with zero attached hydrogens (tertiary/aromatic N) is 1. The van der Waals surface area contributed by atoms with Crippen LogP contribution in [0.4, 0.5) is 0 Å². The molecular weight excluding hydrogens is 289 g/mol. The Kier molecular flexibility index (Phi) is 6.15. The predicted molar refractivity (Wildman–Crippen MR) is 97.4 cm³/mol. The first-order chi connectivity index (χ1) is 10.6. The molecule has 0 fully saturated rings. The van der Waals surface area contributed by atoms with Crippen LogP contribution in [0.15, 0.2) is 65.7 Å². The molecule has 0 aliphatic carbocycles. The summed E-state index contributed by atoms with van der Waals surface area (Å²) in [4.78, 5) is 4.42. The summed E-state index contributed by atoms with van der Waals surface area (Å²) in [5.74, 6) is 0.468. The van der Waals surface area contributed by atoms with Gasteiger partial charge in [0.15, 0.2) is 0 Å². The highest BCUT2D eigenvalue weighted by Gasteiger charge is 2.26. The SMILES string of the molecule is CC(C)C=NCCCP(=O)(c1ccccc1)c1ccccc1. The van der Waals surface area contributed by atoms with Crippen molar-refractivity contribution in [1.82, 2.24) is 0 Å². The lowest BCUT2D eigenvalue weighted by atomic mass is 10.2. The Morgan fingerprint density at radius 3 is 1.91 bits per heavy atom. The molecule has 2 aromatic carbocycles. The van der Waals surface area contributed by atoms with Crippen LogP contribution >= 0.6 is 7.14 Å². The Labute approximate surface area is 133 Å². The summed E-state index contributed by atoms with van der Waals surface area (Å²) in [6.07, 6.45) is 3.47. The van der Waals surface area contributed by atoms with E-state index >= 15 is 0 Å². The Bertz CT molecular complexity index is 591. The zero-order valence-corrected chi connectivity index (χ0v) is 14.2. The normalized spacial score (nSPS) is 12.1. The number of benzene rings is 2. The van der Waals surface area contributed by atoms with Crippen molar-refractivity contribution in [3.8, 4) is 0 Å². The van der Waals surface area contributed by atoms with Gasteiger partial charge in [-0.1, -0.05) is 74.5 Å². The van der Waals surface area contributed by atoms with Gasteiger partial charge in [0, 0.05) is 29.5 Å². The van der Waals surface area contributed by atoms with Gasteiger partial charge >= 0.3 is 0 Å². The zero-order valence-electron chi connectivity index (χ0n) is 13.4. The summed E-state index contributed by atoms with van der Waals surface area (Å²) in [6, 6.07) is 19.7. The largest absolute Gasteiger partial charge is 0.314 e. The smallest absolute Gasteiger partial charge is 0.143 e. The number of hydrogen-bond donors (Lipinski definition) is 0. The standard InChI is InChI=1S/C19H24NOP/c1-17(2)16-20-14-9-15-22(21,18-10-5-3-6-11-18)19-12-7-4-8-13-19/h3-8,10-13,16-17H,9,14-15H2,1-2H3. The van der Waals surface area contributed by atoms with Gasteiger partial charge in [-0.2, -0.15) is 0 Å². The topological polar surface area (TPSA) is 29.4 Å². The second kappa shape index (κ2) is 8.10. The summed E-state index contributed by atoms with van der Waals surface area (Å²) < 4.78 is 13.7. The number of hydrogen-bond acceptors (Lipinski definition) is 2. The first-order valence-corrected chi connectivity index (χ1v) is 9.72. The Morgan fingerprint density at radius 1 is 0.955 bits per heavy atom. The minimum absolute atomic E-state index is 0.468. The van der Waals surface area contributed by atoms with Crippen LogP contribution in [0.1, 0.15) is 20.3 Å². The summed E-state index contributed by atoms with van der Waals surface area (Å²) >= 11 is 0. The quantitative estimate of drug-likeness (QED) is 0.429. The molecule has 0 heterocycles. The maximum Gasteiger partial charge on any atom is 0.143 e. The van der Waals surface area contributed by atoms with Crippen molar-refractivity contribution in [2.45, 2.75) is 20.3 Å². The molecule has 0 spiro atoms. The molecule has 116 valence electrons. The minimum atomic E-state index is -2.56. The molecule has 22 heavy (non-hydrogen) atoms. The molecule has 0 amide bonds. The van der Waals surface area contributed by atoms with Crippen molar-refractivity contribution in [2.24, 2.45) is 10.9 Å². The van der Waals surface area contributed by atoms with Crippen molar-refractivity contribution < 1.29 is 4.57 Å². The third-order valence-corrected chi connectivity index (χ3v) is 6.72. The first-order valence-electron chi connectivity index (χ1n) is 7.83. The molecule has 0 aliphatic rings. The van der Waals surface area contributed by atoms with Gasteiger partial charge < -0.3 is 4.57 Å². The zero-order chi connectivity index (χ0) is 15.8. The van der Waals surface area contributed by atoms with Crippen molar-refractivity contribution in [1.29, 1.82) is 0 Å². The van der Waals surface area contributed by atoms with Crippen LogP contribution in [0.25, 0.3) is 0 Å². The monoisotopic (exact) mass is 313 g/mol. The van der Waals surface area contributed by atoms with Crippen molar-refractivity contribution in [2.75, 3.05) is 12.7 Å². The molecule has 0 unspecified atom stereocenters. The molecule has 3 heteroatoms. The summed E-state index contributed by atoms with van der Waals surface area (Å²) in [5.41, 5.74) is 0. The van der Waals surface area contributed by atoms with Crippen molar-refractivity contribution in [3.63, 3.8) is 0 Å². The van der Waals surface area contributed by atoms with Gasteiger partial charge in [0.2, 0.25) is 0 Å². The van der Waals surface area contributed by atoms with Crippen LogP contribution in [0.3, 0.4) is 0 Å². The highest BCUT2D eigenvalue weighted by molar-refractivity contribution is 7.78. The van der Waals surface area contributed by atoms with E-state index in [-0.39, 0.29) is 0 Å². The average Bonchev–Trinajstić information content (AvgIpc) is 2.55. The van der Waals surface area contributed by atoms with E-state index < -0.39 is 7.14 Å². The molecular formula is C19H24NOP. The fraction of sp³-hybridized carbons (Fsp3) is 0.316. The lowest BCUT2D eigenvalue weighted by Crippen LogP contribution is -2.18. The van der Waals surface area contributed by atoms with E-state index in [0.29, 0.717) is 12.1 Å². The minimum Gasteiger partial charge on any atom is -0.314 e. The van der Waals surface area contributed by atoms with Crippen LogP contribution in [0.2, 0.25) is 0 Å². The van der Waals surface area contributed by atoms with E-state index in [1.165, 1.54) is 0 Å². The molecule has 0 atom stereocenters. The third-order valence-electron chi connectivity index (χ3n) is 3.51. The van der Waals surface area contributed by atoms with E-state index in [9.17, 15) is 4.57 Å². The van der Waals surface area contributed by atoms with Crippen LogP contribution in [-0.2, 0) is 4.57 Å². The molecule has 0 radical (unpaired) electrons. The van der Waals surface area contributed by atoms with Gasteiger partial charge in [-0.05, 0) is 12.3 Å². The maximum absolute atomic E-state index is 13.7. The van der Waals surface area contributed by atoms with Crippen LogP contribution < -0.4 is 10.6 Å². The molecule has 0 bridgehead atoms. The molecule has 2 nitrogen and oxygen atoms in total. The van der Waals surface area contributed by atoms with E-state index in [0.717, 1.165) is 23.6 Å². The molecule has 2 rings (SSSR count). The lowest BCUT2D eigenvalue weighted by molar-refractivity contribution is 0.585. The molecule has 0 saturated carbocycles. The van der Waals surface area contributed by atoms with Gasteiger partial charge in [0.25, 0.3) is 0 Å². The summed E-state index contributed by atoms with van der Waals surface area (Å²) in [7, 11) is -2.56. The number of aliphatic imine (C=N–C) groups is 1. The van der Waals surface area contributed by atoms with Gasteiger partial charge in [0.05, 0.1) is 0 Å². The van der Waals surface area contributed by atoms with Gasteiger partial charge in [-0.25, -0.2) is 0 Å². The van der Waals surface area contributed by atoms with Crippen molar-refractivity contribution in [3.05, 3.63) is 60.7 Å². The lowest BCUT2D eigenvalue weighted by Gasteiger charge is -2.19. The van der Waals surface area contributed by atoms with E-state index in [2.05, 4.69) is 18.8 Å². The fourth-order valence-electron chi connectivity index (χ4n) is 2.41. The van der Waals surface area contributed by atoms with Crippen LogP contribution in [0, 0.1) is 5.92 Å². The summed E-state index contributed by atoms with van der Waals surface area (Å²) in [6.45, 7) is 4.96. The summed E-state index contributed by atoms with van der Waals surface area (Å²) in [5, 5.41) is 1.88. The van der Waals surface area contributed by atoms with E-state index in [1.807, 2.05) is 66.9 Å². The Balaban J connectivity index is 2.19. The second-order valence-corrected chi connectivity index (χ2v) is 8.75. The fourth-order valence-corrected chi connectivity index (χ4v) is 5.12. The van der Waals surface area contributed by atoms with Gasteiger partial charge in [0.1, 0.15) is 7.14 Å². The number of rotatable bonds is 7.